The lowest BCUT2D eigenvalue weighted by Gasteiger charge is -2.47. The van der Waals surface area contributed by atoms with Crippen LogP contribution in [0.1, 0.15) is 43.7 Å². The van der Waals surface area contributed by atoms with Crippen LogP contribution in [0, 0.1) is 0 Å². The Balaban J connectivity index is 1.90. The van der Waals surface area contributed by atoms with Crippen molar-refractivity contribution in [3.8, 4) is 0 Å². The summed E-state index contributed by atoms with van der Waals surface area (Å²) >= 11 is 3.59. The molecule has 2 unspecified atom stereocenters. The van der Waals surface area contributed by atoms with E-state index in [0.29, 0.717) is 0 Å². The Kier molecular flexibility index (Phi) is 4.21. The number of aryl methyl sites for hydroxylation is 1. The smallest absolute Gasteiger partial charge is 0.0378 e. The van der Waals surface area contributed by atoms with Crippen LogP contribution in [-0.2, 0) is 12.8 Å². The number of nitrogens with two attached hydrogens (primary N) is 1. The third kappa shape index (κ3) is 2.44. The van der Waals surface area contributed by atoms with Gasteiger partial charge in [0.15, 0.2) is 0 Å². The minimum atomic E-state index is 0.206. The zero-order valence-corrected chi connectivity index (χ0v) is 14.0. The molecule has 2 N–H and O–H groups in total. The van der Waals surface area contributed by atoms with Crippen LogP contribution in [0.5, 0.6) is 0 Å². The molecule has 1 aromatic carbocycles. The van der Waals surface area contributed by atoms with Gasteiger partial charge in [-0.05, 0) is 68.3 Å². The quantitative estimate of drug-likeness (QED) is 0.915. The van der Waals surface area contributed by atoms with Crippen molar-refractivity contribution >= 4 is 15.9 Å². The Hall–Kier alpha value is -0.380. The molecule has 0 bridgehead atoms. The molecule has 2 atom stereocenters. The van der Waals surface area contributed by atoms with E-state index in [0.717, 1.165) is 19.0 Å². The van der Waals surface area contributed by atoms with Crippen LogP contribution in [0.2, 0.25) is 0 Å². The van der Waals surface area contributed by atoms with Crippen molar-refractivity contribution in [2.75, 3.05) is 13.1 Å². The van der Waals surface area contributed by atoms with Crippen LogP contribution in [-0.4, -0.2) is 29.6 Å². The summed E-state index contributed by atoms with van der Waals surface area (Å²) in [4.78, 5) is 2.75. The SMILES string of the molecule is CCC1CCCN1C1(CN)CCc2cc(Br)ccc2C1. The Labute approximate surface area is 130 Å². The van der Waals surface area contributed by atoms with Gasteiger partial charge in [0.1, 0.15) is 0 Å². The topological polar surface area (TPSA) is 29.3 Å². The molecule has 110 valence electrons. The Bertz CT molecular complexity index is 488. The van der Waals surface area contributed by atoms with Gasteiger partial charge in [-0.25, -0.2) is 0 Å². The summed E-state index contributed by atoms with van der Waals surface area (Å²) in [5.41, 5.74) is 9.49. The van der Waals surface area contributed by atoms with Crippen LogP contribution < -0.4 is 5.73 Å². The molecule has 3 heteroatoms. The number of rotatable bonds is 3. The van der Waals surface area contributed by atoms with Crippen molar-refractivity contribution < 1.29 is 0 Å². The first kappa shape index (κ1) is 14.6. The van der Waals surface area contributed by atoms with Gasteiger partial charge in [-0.15, -0.1) is 0 Å². The molecule has 3 rings (SSSR count). The highest BCUT2D eigenvalue weighted by molar-refractivity contribution is 9.10. The molecule has 0 amide bonds. The lowest BCUT2D eigenvalue weighted by molar-refractivity contribution is 0.0647. The van der Waals surface area contributed by atoms with Gasteiger partial charge in [-0.3, -0.25) is 4.90 Å². The van der Waals surface area contributed by atoms with Crippen molar-refractivity contribution in [3.05, 3.63) is 33.8 Å². The van der Waals surface area contributed by atoms with Crippen molar-refractivity contribution in [1.82, 2.24) is 4.90 Å². The molecule has 1 aromatic rings. The van der Waals surface area contributed by atoms with Crippen LogP contribution in [0.3, 0.4) is 0 Å². The normalized spacial score (nSPS) is 30.4. The van der Waals surface area contributed by atoms with Gasteiger partial charge in [-0.2, -0.15) is 0 Å². The van der Waals surface area contributed by atoms with E-state index < -0.39 is 0 Å². The summed E-state index contributed by atoms with van der Waals surface area (Å²) in [7, 11) is 0. The van der Waals surface area contributed by atoms with E-state index in [1.54, 1.807) is 0 Å². The maximum atomic E-state index is 6.27. The zero-order chi connectivity index (χ0) is 14.2. The van der Waals surface area contributed by atoms with Gasteiger partial charge >= 0.3 is 0 Å². The van der Waals surface area contributed by atoms with E-state index in [9.17, 15) is 0 Å². The van der Waals surface area contributed by atoms with E-state index in [4.69, 9.17) is 5.73 Å². The van der Waals surface area contributed by atoms with Crippen molar-refractivity contribution in [2.24, 2.45) is 5.73 Å². The number of hydrogen-bond donors (Lipinski definition) is 1. The molecular formula is C17H25BrN2. The molecule has 1 heterocycles. The van der Waals surface area contributed by atoms with Crippen LogP contribution in [0.15, 0.2) is 22.7 Å². The second-order valence-electron chi connectivity index (χ2n) is 6.42. The van der Waals surface area contributed by atoms with Gasteiger partial charge in [-0.1, -0.05) is 28.9 Å². The summed E-state index contributed by atoms with van der Waals surface area (Å²) < 4.78 is 1.20. The average Bonchev–Trinajstić information content (AvgIpc) is 2.96. The molecule has 2 nitrogen and oxygen atoms in total. The first-order valence-corrected chi connectivity index (χ1v) is 8.72. The molecule has 0 radical (unpaired) electrons. The summed E-state index contributed by atoms with van der Waals surface area (Å²) in [6.45, 7) is 4.35. The predicted molar refractivity (Wildman–Crippen MR) is 88.0 cm³/mol. The zero-order valence-electron chi connectivity index (χ0n) is 12.4. The van der Waals surface area contributed by atoms with Crippen molar-refractivity contribution in [2.45, 2.75) is 57.0 Å². The molecule has 0 aromatic heterocycles. The Morgan fingerprint density at radius 1 is 1.40 bits per heavy atom. The van der Waals surface area contributed by atoms with Crippen LogP contribution >= 0.6 is 15.9 Å². The lowest BCUT2D eigenvalue weighted by atomic mass is 9.76. The third-order valence-corrected chi connectivity index (χ3v) is 5.88. The molecule has 1 fully saturated rings. The molecule has 0 saturated carbocycles. The first-order valence-electron chi connectivity index (χ1n) is 7.92. The van der Waals surface area contributed by atoms with Crippen LogP contribution in [0.4, 0.5) is 0 Å². The Morgan fingerprint density at radius 3 is 3.00 bits per heavy atom. The second kappa shape index (κ2) is 5.78. The summed E-state index contributed by atoms with van der Waals surface area (Å²) in [6.07, 6.45) is 7.46. The second-order valence-corrected chi connectivity index (χ2v) is 7.33. The third-order valence-electron chi connectivity index (χ3n) is 5.39. The predicted octanol–water partition coefficient (Wildman–Crippen LogP) is 3.51. The highest BCUT2D eigenvalue weighted by Crippen LogP contribution is 2.38. The van der Waals surface area contributed by atoms with Crippen LogP contribution in [0.25, 0.3) is 0 Å². The Morgan fingerprint density at radius 2 is 2.25 bits per heavy atom. The molecule has 2 aliphatic rings. The monoisotopic (exact) mass is 336 g/mol. The summed E-state index contributed by atoms with van der Waals surface area (Å²) in [5, 5.41) is 0. The molecule has 1 saturated heterocycles. The number of likely N-dealkylation sites (tertiary alicyclic amines) is 1. The van der Waals surface area contributed by atoms with Crippen molar-refractivity contribution in [1.29, 1.82) is 0 Å². The van der Waals surface area contributed by atoms with Gasteiger partial charge < -0.3 is 5.73 Å². The molecule has 20 heavy (non-hydrogen) atoms. The van der Waals surface area contributed by atoms with Gasteiger partial charge in [0.05, 0.1) is 0 Å². The molecule has 0 spiro atoms. The van der Waals surface area contributed by atoms with Gasteiger partial charge in [0.25, 0.3) is 0 Å². The average molecular weight is 337 g/mol. The largest absolute Gasteiger partial charge is 0.329 e. The summed E-state index contributed by atoms with van der Waals surface area (Å²) in [5.74, 6) is 0. The molecule has 1 aliphatic carbocycles. The van der Waals surface area contributed by atoms with Crippen molar-refractivity contribution in [3.63, 3.8) is 0 Å². The van der Waals surface area contributed by atoms with Gasteiger partial charge in [0.2, 0.25) is 0 Å². The number of nitrogens with zero attached hydrogens (tertiary/aromatic N) is 1. The summed E-state index contributed by atoms with van der Waals surface area (Å²) in [6, 6.07) is 7.50. The maximum Gasteiger partial charge on any atom is 0.0378 e. The fourth-order valence-corrected chi connectivity index (χ4v) is 4.64. The minimum Gasteiger partial charge on any atom is -0.329 e. The van der Waals surface area contributed by atoms with E-state index in [1.807, 2.05) is 0 Å². The molecular weight excluding hydrogens is 312 g/mol. The van der Waals surface area contributed by atoms with Gasteiger partial charge in [0, 0.05) is 22.6 Å². The van der Waals surface area contributed by atoms with E-state index in [2.05, 4.69) is 46.0 Å². The fraction of sp³-hybridized carbons (Fsp3) is 0.647. The van der Waals surface area contributed by atoms with E-state index >= 15 is 0 Å². The highest BCUT2D eigenvalue weighted by atomic mass is 79.9. The number of benzene rings is 1. The molecule has 1 aliphatic heterocycles. The maximum absolute atomic E-state index is 6.27. The number of fused-ring (bicyclic) bond motifs is 1. The van der Waals surface area contributed by atoms with E-state index in [1.165, 1.54) is 54.2 Å². The number of hydrogen-bond acceptors (Lipinski definition) is 2. The minimum absolute atomic E-state index is 0.206. The van der Waals surface area contributed by atoms with E-state index in [-0.39, 0.29) is 5.54 Å². The lowest BCUT2D eigenvalue weighted by Crippen LogP contribution is -2.58. The first-order chi connectivity index (χ1) is 9.68. The highest BCUT2D eigenvalue weighted by Gasteiger charge is 2.43. The number of halogens is 1. The standard InChI is InChI=1S/C17H25BrN2/c1-2-16-4-3-9-20(16)17(12-19)8-7-13-10-15(18)6-5-14(13)11-17/h5-6,10,16H,2-4,7-9,11-12,19H2,1H3. The fourth-order valence-electron chi connectivity index (χ4n) is 4.23.